The monoisotopic (exact) mass is 672 g/mol. The van der Waals surface area contributed by atoms with Crippen LogP contribution in [-0.4, -0.2) is 91.6 Å². The number of nitrogens with one attached hydrogen (secondary N) is 2. The number of epoxide rings is 1. The van der Waals surface area contributed by atoms with Gasteiger partial charge in [-0.05, 0) is 58.2 Å². The quantitative estimate of drug-likeness (QED) is 0.234. The molecule has 0 saturated carbocycles. The highest BCUT2D eigenvalue weighted by molar-refractivity contribution is 7.92. The fourth-order valence-electron chi connectivity index (χ4n) is 5.56. The molecule has 2 amide bonds. The standard InChI is InChI=1S/C33H44N4O7S2/c1-7-37(22(2)3)46(42,43)20-19-28-29(44-28)27(21-23-13-9-8-10-14-23)35-32(39)30(33(4,5)45(6,40)41)36-31(38)26-18-17-24-15-11-12-16-25(24)34-26/h8-18,22,27-30H,7,19-21H2,1-6H3,(H,35,39)(H,36,38)/t27-,28+,29+,30+/m0/s1. The van der Waals surface area contributed by atoms with Gasteiger partial charge in [-0.2, -0.15) is 4.31 Å². The number of nitrogens with zero attached hydrogens (tertiary/aromatic N) is 2. The van der Waals surface area contributed by atoms with Gasteiger partial charge in [0.05, 0.1) is 28.2 Å². The molecule has 1 saturated heterocycles. The SMILES string of the molecule is CCN(C(C)C)S(=O)(=O)CC[C@H]1O[C@@H]1[C@H](Cc1ccccc1)NC(=O)[C@@H](NC(=O)c1ccc2ccccc2n1)C(C)(C)S(C)(=O)=O. The summed E-state index contributed by atoms with van der Waals surface area (Å²) in [6, 6.07) is 17.6. The van der Waals surface area contributed by atoms with E-state index in [4.69, 9.17) is 4.74 Å². The Morgan fingerprint density at radius 1 is 0.957 bits per heavy atom. The highest BCUT2D eigenvalue weighted by Crippen LogP contribution is 2.32. The van der Waals surface area contributed by atoms with Crippen LogP contribution in [0.3, 0.4) is 0 Å². The summed E-state index contributed by atoms with van der Waals surface area (Å²) in [5.74, 6) is -1.51. The van der Waals surface area contributed by atoms with Gasteiger partial charge in [-0.15, -0.1) is 0 Å². The molecule has 2 aromatic carbocycles. The molecule has 46 heavy (non-hydrogen) atoms. The molecule has 0 spiro atoms. The molecule has 1 aliphatic rings. The topological polar surface area (TPSA) is 155 Å². The lowest BCUT2D eigenvalue weighted by Gasteiger charge is -2.33. The van der Waals surface area contributed by atoms with Gasteiger partial charge in [0.25, 0.3) is 5.91 Å². The van der Waals surface area contributed by atoms with Crippen LogP contribution in [0.4, 0.5) is 0 Å². The van der Waals surface area contributed by atoms with E-state index in [-0.39, 0.29) is 23.9 Å². The van der Waals surface area contributed by atoms with E-state index < -0.39 is 60.7 Å². The van der Waals surface area contributed by atoms with Crippen molar-refractivity contribution in [2.45, 2.75) is 82.5 Å². The van der Waals surface area contributed by atoms with E-state index in [9.17, 15) is 26.4 Å². The Kier molecular flexibility index (Phi) is 10.9. The number of hydrogen-bond acceptors (Lipinski definition) is 8. The molecule has 0 unspecified atom stereocenters. The Hall–Kier alpha value is -3.39. The molecule has 1 aromatic heterocycles. The number of carbonyl (C=O) groups is 2. The Bertz CT molecular complexity index is 1760. The zero-order chi connectivity index (χ0) is 33.9. The van der Waals surface area contributed by atoms with Crippen molar-refractivity contribution in [2.75, 3.05) is 18.6 Å². The predicted octanol–water partition coefficient (Wildman–Crippen LogP) is 3.10. The second-order valence-electron chi connectivity index (χ2n) is 12.5. The highest BCUT2D eigenvalue weighted by atomic mass is 32.2. The summed E-state index contributed by atoms with van der Waals surface area (Å²) in [5, 5.41) is 6.41. The van der Waals surface area contributed by atoms with Crippen molar-refractivity contribution in [2.24, 2.45) is 0 Å². The summed E-state index contributed by atoms with van der Waals surface area (Å²) in [6.45, 7) is 8.59. The van der Waals surface area contributed by atoms with E-state index in [1.807, 2.05) is 56.3 Å². The summed E-state index contributed by atoms with van der Waals surface area (Å²) in [7, 11) is -7.38. The number of rotatable bonds is 15. The Labute approximate surface area is 272 Å². The first kappa shape index (κ1) is 35.5. The molecule has 0 aliphatic carbocycles. The molecular formula is C33H44N4O7S2. The minimum absolute atomic E-state index is 0.0379. The first-order valence-electron chi connectivity index (χ1n) is 15.4. The Balaban J connectivity index is 1.57. The summed E-state index contributed by atoms with van der Waals surface area (Å²) >= 11 is 0. The zero-order valence-corrected chi connectivity index (χ0v) is 28.8. The van der Waals surface area contributed by atoms with Crippen molar-refractivity contribution in [1.82, 2.24) is 19.9 Å². The molecule has 2 heterocycles. The van der Waals surface area contributed by atoms with Crippen molar-refractivity contribution >= 4 is 42.6 Å². The van der Waals surface area contributed by atoms with Crippen LogP contribution >= 0.6 is 0 Å². The molecule has 250 valence electrons. The summed E-state index contributed by atoms with van der Waals surface area (Å²) in [5.41, 5.74) is 1.52. The average molecular weight is 673 g/mol. The van der Waals surface area contributed by atoms with Crippen LogP contribution in [0, 0.1) is 0 Å². The van der Waals surface area contributed by atoms with Crippen LogP contribution in [0.2, 0.25) is 0 Å². The van der Waals surface area contributed by atoms with Gasteiger partial charge in [-0.1, -0.05) is 61.5 Å². The number of ether oxygens (including phenoxy) is 1. The van der Waals surface area contributed by atoms with E-state index in [0.29, 0.717) is 18.5 Å². The normalized spacial score (nSPS) is 18.3. The molecule has 3 aromatic rings. The van der Waals surface area contributed by atoms with E-state index in [2.05, 4.69) is 15.6 Å². The lowest BCUT2D eigenvalue weighted by Crippen LogP contribution is -2.62. The van der Waals surface area contributed by atoms with E-state index >= 15 is 0 Å². The van der Waals surface area contributed by atoms with Crippen molar-refractivity contribution in [3.63, 3.8) is 0 Å². The smallest absolute Gasteiger partial charge is 0.270 e. The lowest BCUT2D eigenvalue weighted by atomic mass is 9.98. The first-order valence-corrected chi connectivity index (χ1v) is 18.9. The molecule has 0 radical (unpaired) electrons. The summed E-state index contributed by atoms with van der Waals surface area (Å²) in [6.07, 6.45) is 0.673. The fraction of sp³-hybridized carbons (Fsp3) is 0.485. The number of carbonyl (C=O) groups excluding carboxylic acids is 2. The molecule has 4 atom stereocenters. The summed E-state index contributed by atoms with van der Waals surface area (Å²) in [4.78, 5) is 31.8. The third-order valence-electron chi connectivity index (χ3n) is 8.57. The van der Waals surface area contributed by atoms with E-state index in [0.717, 1.165) is 17.2 Å². The maximum absolute atomic E-state index is 14.0. The van der Waals surface area contributed by atoms with Gasteiger partial charge in [0.1, 0.15) is 17.8 Å². The minimum atomic E-state index is -3.86. The number of sulfone groups is 1. The number of benzene rings is 2. The molecular weight excluding hydrogens is 629 g/mol. The second kappa shape index (κ2) is 14.2. The molecule has 1 fully saturated rings. The largest absolute Gasteiger partial charge is 0.367 e. The van der Waals surface area contributed by atoms with Gasteiger partial charge in [0.15, 0.2) is 9.84 Å². The molecule has 0 bridgehead atoms. The first-order chi connectivity index (χ1) is 21.5. The highest BCUT2D eigenvalue weighted by Gasteiger charge is 2.49. The van der Waals surface area contributed by atoms with E-state index in [1.54, 1.807) is 25.1 Å². The molecule has 11 nitrogen and oxygen atoms in total. The van der Waals surface area contributed by atoms with Gasteiger partial charge in [-0.3, -0.25) is 9.59 Å². The minimum Gasteiger partial charge on any atom is -0.367 e. The Morgan fingerprint density at radius 2 is 1.61 bits per heavy atom. The van der Waals surface area contributed by atoms with Crippen LogP contribution in [0.15, 0.2) is 66.7 Å². The van der Waals surface area contributed by atoms with Crippen LogP contribution < -0.4 is 10.6 Å². The molecule has 13 heteroatoms. The number of aromatic nitrogens is 1. The summed E-state index contributed by atoms with van der Waals surface area (Å²) < 4.78 is 57.5. The predicted molar refractivity (Wildman–Crippen MR) is 179 cm³/mol. The van der Waals surface area contributed by atoms with Crippen LogP contribution in [-0.2, 0) is 35.8 Å². The van der Waals surface area contributed by atoms with Gasteiger partial charge in [0.2, 0.25) is 15.9 Å². The maximum Gasteiger partial charge on any atom is 0.270 e. The molecule has 1 aliphatic heterocycles. The zero-order valence-electron chi connectivity index (χ0n) is 27.1. The van der Waals surface area contributed by atoms with Gasteiger partial charge in [-0.25, -0.2) is 21.8 Å². The van der Waals surface area contributed by atoms with Crippen molar-refractivity contribution in [3.8, 4) is 0 Å². The van der Waals surface area contributed by atoms with Crippen molar-refractivity contribution in [1.29, 1.82) is 0 Å². The van der Waals surface area contributed by atoms with Gasteiger partial charge < -0.3 is 15.4 Å². The molecule has 2 N–H and O–H groups in total. The van der Waals surface area contributed by atoms with E-state index in [1.165, 1.54) is 24.2 Å². The van der Waals surface area contributed by atoms with Crippen LogP contribution in [0.5, 0.6) is 0 Å². The average Bonchev–Trinajstić information content (AvgIpc) is 3.78. The third kappa shape index (κ3) is 8.30. The number of fused-ring (bicyclic) bond motifs is 1. The number of para-hydroxylation sites is 1. The van der Waals surface area contributed by atoms with Gasteiger partial charge in [0, 0.05) is 24.2 Å². The number of sulfonamides is 1. The number of hydrogen-bond donors (Lipinski definition) is 2. The van der Waals surface area contributed by atoms with Crippen LogP contribution in [0.1, 0.15) is 57.1 Å². The fourth-order valence-corrected chi connectivity index (χ4v) is 7.95. The number of pyridine rings is 1. The lowest BCUT2D eigenvalue weighted by molar-refractivity contribution is -0.124. The van der Waals surface area contributed by atoms with Crippen LogP contribution in [0.25, 0.3) is 10.9 Å². The second-order valence-corrected chi connectivity index (χ2v) is 17.2. The molecule has 4 rings (SSSR count). The third-order valence-corrected chi connectivity index (χ3v) is 12.9. The maximum atomic E-state index is 14.0. The Morgan fingerprint density at radius 3 is 2.24 bits per heavy atom. The van der Waals surface area contributed by atoms with Crippen molar-refractivity contribution in [3.05, 3.63) is 78.0 Å². The van der Waals surface area contributed by atoms with Crippen molar-refractivity contribution < 1.29 is 31.2 Å². The number of amides is 2. The van der Waals surface area contributed by atoms with Gasteiger partial charge >= 0.3 is 0 Å².